The normalized spacial score (nSPS) is 14.6. The van der Waals surface area contributed by atoms with Crippen LogP contribution in [0.2, 0.25) is 0 Å². The maximum absolute atomic E-state index is 12.9. The molecule has 3 N–H and O–H groups in total. The Hall–Kier alpha value is -4.37. The highest BCUT2D eigenvalue weighted by Crippen LogP contribution is 2.27. The molecule has 0 spiro atoms. The Morgan fingerprint density at radius 1 is 1.13 bits per heavy atom. The third-order valence-electron chi connectivity index (χ3n) is 6.14. The van der Waals surface area contributed by atoms with Crippen molar-refractivity contribution in [3.8, 4) is 11.5 Å². The molecule has 9 heteroatoms. The summed E-state index contributed by atoms with van der Waals surface area (Å²) in [5.41, 5.74) is 10.1. The molecule has 206 valence electrons. The van der Waals surface area contributed by atoms with E-state index >= 15 is 0 Å². The first-order valence-electron chi connectivity index (χ1n) is 12.7. The molecule has 0 aliphatic carbocycles. The molecule has 0 unspecified atom stereocenters. The first kappa shape index (κ1) is 29.2. The van der Waals surface area contributed by atoms with E-state index in [9.17, 15) is 9.59 Å². The number of amides is 2. The molecule has 2 aromatic carbocycles. The van der Waals surface area contributed by atoms with E-state index in [1.54, 1.807) is 49.3 Å². The highest BCUT2D eigenvalue weighted by Gasteiger charge is 2.22. The number of hydrogen-bond donors (Lipinski definition) is 2. The summed E-state index contributed by atoms with van der Waals surface area (Å²) in [6.45, 7) is 9.64. The van der Waals surface area contributed by atoms with Crippen LogP contribution >= 0.6 is 0 Å². The maximum atomic E-state index is 12.9. The lowest BCUT2D eigenvalue weighted by Crippen LogP contribution is -2.40. The molecule has 1 fully saturated rings. The van der Waals surface area contributed by atoms with Gasteiger partial charge in [0.1, 0.15) is 11.5 Å². The van der Waals surface area contributed by atoms with Crippen molar-refractivity contribution in [2.45, 2.75) is 20.3 Å². The molecule has 0 aromatic heterocycles. The maximum Gasteiger partial charge on any atom is 0.271 e. The smallest absolute Gasteiger partial charge is 0.271 e. The first-order chi connectivity index (χ1) is 18.8. The number of morpholine rings is 1. The van der Waals surface area contributed by atoms with Gasteiger partial charge in [-0.3, -0.25) is 14.6 Å². The molecule has 1 heterocycles. The number of hydrogen-bond acceptors (Lipinski definition) is 7. The number of ether oxygens (including phenoxy) is 3. The largest absolute Gasteiger partial charge is 0.496 e. The summed E-state index contributed by atoms with van der Waals surface area (Å²) >= 11 is 0. The molecule has 1 aliphatic heterocycles. The number of nitrogens with two attached hydrogens (primary N) is 1. The van der Waals surface area contributed by atoms with Crippen LogP contribution in [0, 0.1) is 0 Å². The second-order valence-electron chi connectivity index (χ2n) is 8.79. The van der Waals surface area contributed by atoms with Crippen LogP contribution in [0.3, 0.4) is 0 Å². The molecule has 1 aliphatic rings. The Morgan fingerprint density at radius 2 is 1.85 bits per heavy atom. The van der Waals surface area contributed by atoms with E-state index < -0.39 is 5.91 Å². The summed E-state index contributed by atoms with van der Waals surface area (Å²) in [6.07, 6.45) is 5.76. The number of benzene rings is 2. The molecular weight excluding hydrogens is 496 g/mol. The van der Waals surface area contributed by atoms with E-state index in [1.807, 2.05) is 18.2 Å². The van der Waals surface area contributed by atoms with E-state index in [0.29, 0.717) is 54.7 Å². The molecular formula is C30H36N4O5. The number of anilines is 1. The van der Waals surface area contributed by atoms with Gasteiger partial charge < -0.3 is 30.2 Å². The fourth-order valence-corrected chi connectivity index (χ4v) is 4.12. The van der Waals surface area contributed by atoms with Crippen LogP contribution in [-0.2, 0) is 16.0 Å². The van der Waals surface area contributed by atoms with Crippen LogP contribution in [0.15, 0.2) is 71.9 Å². The van der Waals surface area contributed by atoms with Crippen LogP contribution in [-0.4, -0.2) is 62.9 Å². The number of methoxy groups -OCH3 is 2. The summed E-state index contributed by atoms with van der Waals surface area (Å²) < 4.78 is 16.2. The predicted octanol–water partition coefficient (Wildman–Crippen LogP) is 4.21. The van der Waals surface area contributed by atoms with Gasteiger partial charge >= 0.3 is 0 Å². The molecule has 39 heavy (non-hydrogen) atoms. The van der Waals surface area contributed by atoms with Crippen molar-refractivity contribution in [2.24, 2.45) is 10.7 Å². The van der Waals surface area contributed by atoms with Gasteiger partial charge in [0.25, 0.3) is 11.8 Å². The van der Waals surface area contributed by atoms with Crippen LogP contribution in [0.1, 0.15) is 35.3 Å². The van der Waals surface area contributed by atoms with Crippen molar-refractivity contribution in [2.75, 3.05) is 45.8 Å². The van der Waals surface area contributed by atoms with Gasteiger partial charge in [-0.2, -0.15) is 0 Å². The van der Waals surface area contributed by atoms with Gasteiger partial charge in [-0.05, 0) is 61.4 Å². The van der Waals surface area contributed by atoms with E-state index in [-0.39, 0.29) is 11.6 Å². The molecule has 1 saturated heterocycles. The minimum Gasteiger partial charge on any atom is -0.496 e. The zero-order valence-corrected chi connectivity index (χ0v) is 23.0. The minimum atomic E-state index is -0.508. The Balaban J connectivity index is 1.76. The van der Waals surface area contributed by atoms with Crippen molar-refractivity contribution < 1.29 is 23.8 Å². The third kappa shape index (κ3) is 7.58. The molecule has 2 aromatic rings. The third-order valence-corrected chi connectivity index (χ3v) is 6.14. The number of rotatable bonds is 10. The van der Waals surface area contributed by atoms with Gasteiger partial charge in [0.15, 0.2) is 0 Å². The summed E-state index contributed by atoms with van der Waals surface area (Å²) in [5, 5.41) is 2.75. The Kier molecular flexibility index (Phi) is 10.5. The highest BCUT2D eigenvalue weighted by molar-refractivity contribution is 6.09. The Labute approximate surface area is 229 Å². The summed E-state index contributed by atoms with van der Waals surface area (Å²) in [7, 11) is 3.12. The lowest BCUT2D eigenvalue weighted by Gasteiger charge is -2.27. The number of carbonyl (C=O) groups excluding carboxylic acids is 2. The second-order valence-corrected chi connectivity index (χ2v) is 8.79. The van der Waals surface area contributed by atoms with Crippen molar-refractivity contribution in [1.82, 2.24) is 4.90 Å². The molecule has 0 bridgehead atoms. The van der Waals surface area contributed by atoms with E-state index in [4.69, 9.17) is 19.9 Å². The quantitative estimate of drug-likeness (QED) is 0.269. The average Bonchev–Trinajstić information content (AvgIpc) is 2.96. The fraction of sp³-hybridized carbons (Fsp3) is 0.300. The number of aliphatic imine (C=N–C) groups is 1. The zero-order chi connectivity index (χ0) is 28.4. The Bertz CT molecular complexity index is 1310. The molecule has 2 amide bonds. The monoisotopic (exact) mass is 532 g/mol. The summed E-state index contributed by atoms with van der Waals surface area (Å²) in [5.74, 6) is 0.516. The van der Waals surface area contributed by atoms with Crippen LogP contribution in [0.5, 0.6) is 11.5 Å². The lowest BCUT2D eigenvalue weighted by molar-refractivity contribution is -0.112. The van der Waals surface area contributed by atoms with Gasteiger partial charge in [-0.1, -0.05) is 19.6 Å². The lowest BCUT2D eigenvalue weighted by atomic mass is 10.0. The van der Waals surface area contributed by atoms with Crippen molar-refractivity contribution >= 4 is 28.9 Å². The average molecular weight is 533 g/mol. The fourth-order valence-electron chi connectivity index (χ4n) is 4.12. The highest BCUT2D eigenvalue weighted by atomic mass is 16.5. The standard InChI is InChI=1S/C30H36N4O5/c1-6-8-26(22-9-12-27(37-4)21(7-2)18-22)32-20(3)17-25(31)29(35)33-23-10-11-24(28(19-23)38-5)30(36)34-13-15-39-16-14-34/h6,8-12,17-19H,1,7,13-16,31H2,2-5H3,(H,33,35)/b25-17-,26-8-,32-20+. The number of nitrogens with zero attached hydrogens (tertiary/aromatic N) is 2. The molecule has 0 atom stereocenters. The topological polar surface area (TPSA) is 115 Å². The SMILES string of the molecule is C=C\C=C(/N=C(C)/C=C(\N)C(=O)Nc1ccc(C(=O)N2CCOCC2)c(OC)c1)c1ccc(OC)c(CC)c1. The van der Waals surface area contributed by atoms with Crippen molar-refractivity contribution in [1.29, 1.82) is 0 Å². The molecule has 3 rings (SSSR count). The summed E-state index contributed by atoms with van der Waals surface area (Å²) in [6, 6.07) is 10.7. The summed E-state index contributed by atoms with van der Waals surface area (Å²) in [4.78, 5) is 32.1. The van der Waals surface area contributed by atoms with E-state index in [2.05, 4.69) is 23.8 Å². The van der Waals surface area contributed by atoms with Crippen LogP contribution < -0.4 is 20.5 Å². The molecule has 0 radical (unpaired) electrons. The minimum absolute atomic E-state index is 0.0226. The van der Waals surface area contributed by atoms with Gasteiger partial charge in [-0.15, -0.1) is 0 Å². The number of aryl methyl sites for hydroxylation is 1. The number of nitrogens with one attached hydrogen (secondary N) is 1. The van der Waals surface area contributed by atoms with Gasteiger partial charge in [-0.25, -0.2) is 0 Å². The number of carbonyl (C=O) groups is 2. The first-order valence-corrected chi connectivity index (χ1v) is 12.7. The predicted molar refractivity (Wildman–Crippen MR) is 154 cm³/mol. The van der Waals surface area contributed by atoms with Crippen LogP contribution in [0.25, 0.3) is 5.70 Å². The van der Waals surface area contributed by atoms with Gasteiger partial charge in [0.05, 0.1) is 44.4 Å². The zero-order valence-electron chi connectivity index (χ0n) is 23.0. The van der Waals surface area contributed by atoms with E-state index in [0.717, 1.165) is 23.3 Å². The number of allylic oxidation sites excluding steroid dienone is 3. The van der Waals surface area contributed by atoms with Gasteiger partial charge in [0, 0.05) is 36.1 Å². The Morgan fingerprint density at radius 3 is 2.49 bits per heavy atom. The van der Waals surface area contributed by atoms with E-state index in [1.165, 1.54) is 13.2 Å². The van der Waals surface area contributed by atoms with Crippen molar-refractivity contribution in [3.63, 3.8) is 0 Å². The van der Waals surface area contributed by atoms with Gasteiger partial charge in [0.2, 0.25) is 0 Å². The molecule has 0 saturated carbocycles. The van der Waals surface area contributed by atoms with Crippen molar-refractivity contribution in [3.05, 3.63) is 83.6 Å². The van der Waals surface area contributed by atoms with Crippen LogP contribution in [0.4, 0.5) is 5.69 Å². The molecule has 9 nitrogen and oxygen atoms in total. The second kappa shape index (κ2) is 14.0.